The molecule has 0 bridgehead atoms. The van der Waals surface area contributed by atoms with Gasteiger partial charge in [-0.25, -0.2) is 0 Å². The van der Waals surface area contributed by atoms with E-state index in [0.29, 0.717) is 12.6 Å². The third-order valence-corrected chi connectivity index (χ3v) is 3.64. The highest BCUT2D eigenvalue weighted by Crippen LogP contribution is 2.12. The molecular formula is C14H25N5O. The number of nitrogens with zero attached hydrogens (tertiary/aromatic N) is 4. The summed E-state index contributed by atoms with van der Waals surface area (Å²) in [5.74, 6) is 0.153. The Labute approximate surface area is 120 Å². The molecule has 6 heteroatoms. The molecular weight excluding hydrogens is 254 g/mol. The maximum atomic E-state index is 12.2. The van der Waals surface area contributed by atoms with Crippen LogP contribution in [0.3, 0.4) is 0 Å². The number of hydrogen-bond acceptors (Lipinski definition) is 4. The van der Waals surface area contributed by atoms with Crippen LogP contribution in [0.4, 0.5) is 0 Å². The van der Waals surface area contributed by atoms with Crippen molar-refractivity contribution >= 4 is 5.91 Å². The molecule has 112 valence electrons. The predicted molar refractivity (Wildman–Crippen MR) is 78.4 cm³/mol. The second-order valence-corrected chi connectivity index (χ2v) is 5.80. The molecule has 1 unspecified atom stereocenters. The lowest BCUT2D eigenvalue weighted by molar-refractivity contribution is -0.135. The Morgan fingerprint density at radius 3 is 2.90 bits per heavy atom. The van der Waals surface area contributed by atoms with Crippen LogP contribution in [-0.4, -0.2) is 65.3 Å². The summed E-state index contributed by atoms with van der Waals surface area (Å²) in [6.07, 6.45) is 2.00. The van der Waals surface area contributed by atoms with Crippen LogP contribution in [0.2, 0.25) is 0 Å². The minimum Gasteiger partial charge on any atom is -0.347 e. The van der Waals surface area contributed by atoms with Gasteiger partial charge in [0.05, 0.1) is 5.69 Å². The summed E-state index contributed by atoms with van der Waals surface area (Å²) in [5.41, 5.74) is 1.03. The van der Waals surface area contributed by atoms with Gasteiger partial charge in [-0.15, -0.1) is 0 Å². The second-order valence-electron chi connectivity index (χ2n) is 5.80. The third-order valence-electron chi connectivity index (χ3n) is 3.64. The quantitative estimate of drug-likeness (QED) is 0.863. The molecule has 1 amide bonds. The van der Waals surface area contributed by atoms with Crippen molar-refractivity contribution in [3.05, 3.63) is 18.0 Å². The smallest absolute Gasteiger partial charge is 0.240 e. The van der Waals surface area contributed by atoms with Crippen LogP contribution in [0.5, 0.6) is 0 Å². The zero-order chi connectivity index (χ0) is 14.7. The van der Waals surface area contributed by atoms with Crippen LogP contribution in [0.15, 0.2) is 12.3 Å². The number of aromatic nitrogens is 2. The van der Waals surface area contributed by atoms with E-state index in [1.54, 1.807) is 4.90 Å². The highest BCUT2D eigenvalue weighted by Gasteiger charge is 2.30. The van der Waals surface area contributed by atoms with E-state index in [0.717, 1.165) is 25.3 Å². The molecule has 1 atom stereocenters. The molecule has 2 rings (SSSR count). The Kier molecular flexibility index (Phi) is 4.77. The number of rotatable bonds is 4. The van der Waals surface area contributed by atoms with Crippen LogP contribution in [0.1, 0.15) is 25.6 Å². The highest BCUT2D eigenvalue weighted by molar-refractivity contribution is 5.81. The molecule has 2 heterocycles. The fraction of sp³-hybridized carbons (Fsp3) is 0.714. The van der Waals surface area contributed by atoms with E-state index in [2.05, 4.69) is 29.2 Å². The zero-order valence-corrected chi connectivity index (χ0v) is 12.8. The van der Waals surface area contributed by atoms with Gasteiger partial charge in [-0.3, -0.25) is 14.4 Å². The van der Waals surface area contributed by atoms with Crippen molar-refractivity contribution in [2.75, 3.05) is 33.7 Å². The monoisotopic (exact) mass is 279 g/mol. The largest absolute Gasteiger partial charge is 0.347 e. The van der Waals surface area contributed by atoms with Crippen LogP contribution in [-0.2, 0) is 11.3 Å². The zero-order valence-electron chi connectivity index (χ0n) is 12.8. The SMILES string of the molecule is CC(C)n1ccc(CN2CCNCC2C(=O)N(C)C)n1. The standard InChI is InChI=1S/C14H25N5O/c1-11(2)19-7-5-12(16-19)10-18-8-6-15-9-13(18)14(20)17(3)4/h5,7,11,13,15H,6,8-10H2,1-4H3. The molecule has 1 aliphatic rings. The molecule has 1 saturated heterocycles. The van der Waals surface area contributed by atoms with Gasteiger partial charge in [-0.2, -0.15) is 5.10 Å². The van der Waals surface area contributed by atoms with Gasteiger partial charge in [0.15, 0.2) is 0 Å². The highest BCUT2D eigenvalue weighted by atomic mass is 16.2. The molecule has 1 fully saturated rings. The lowest BCUT2D eigenvalue weighted by Crippen LogP contribution is -2.57. The first-order chi connectivity index (χ1) is 9.49. The number of hydrogen-bond donors (Lipinski definition) is 1. The van der Waals surface area contributed by atoms with E-state index < -0.39 is 0 Å². The molecule has 0 radical (unpaired) electrons. The van der Waals surface area contributed by atoms with Gasteiger partial charge in [0.25, 0.3) is 0 Å². The van der Waals surface area contributed by atoms with Gasteiger partial charge in [0, 0.05) is 52.5 Å². The maximum Gasteiger partial charge on any atom is 0.240 e. The van der Waals surface area contributed by atoms with E-state index in [4.69, 9.17) is 0 Å². The number of carbonyl (C=O) groups is 1. The average molecular weight is 279 g/mol. The van der Waals surface area contributed by atoms with Crippen LogP contribution >= 0.6 is 0 Å². The first-order valence-electron chi connectivity index (χ1n) is 7.19. The summed E-state index contributed by atoms with van der Waals surface area (Å²) < 4.78 is 1.96. The van der Waals surface area contributed by atoms with Gasteiger partial charge < -0.3 is 10.2 Å². The third kappa shape index (κ3) is 3.37. The number of amides is 1. The lowest BCUT2D eigenvalue weighted by Gasteiger charge is -2.35. The predicted octanol–water partition coefficient (Wildman–Crippen LogP) is 0.326. The number of carbonyl (C=O) groups excluding carboxylic acids is 1. The van der Waals surface area contributed by atoms with Crippen molar-refractivity contribution in [1.29, 1.82) is 0 Å². The molecule has 0 spiro atoms. The maximum absolute atomic E-state index is 12.2. The van der Waals surface area contributed by atoms with Gasteiger partial charge in [-0.1, -0.05) is 0 Å². The summed E-state index contributed by atoms with van der Waals surface area (Å²) in [6.45, 7) is 7.45. The topological polar surface area (TPSA) is 53.4 Å². The van der Waals surface area contributed by atoms with Crippen molar-refractivity contribution in [1.82, 2.24) is 24.9 Å². The Morgan fingerprint density at radius 1 is 1.55 bits per heavy atom. The molecule has 20 heavy (non-hydrogen) atoms. The van der Waals surface area contributed by atoms with Gasteiger partial charge >= 0.3 is 0 Å². The molecule has 0 aliphatic carbocycles. The molecule has 6 nitrogen and oxygen atoms in total. The Bertz CT molecular complexity index is 454. The summed E-state index contributed by atoms with van der Waals surface area (Å²) in [5, 5.41) is 7.87. The Morgan fingerprint density at radius 2 is 2.30 bits per heavy atom. The minimum absolute atomic E-state index is 0.0945. The fourth-order valence-corrected chi connectivity index (χ4v) is 2.43. The summed E-state index contributed by atoms with van der Waals surface area (Å²) in [7, 11) is 3.62. The average Bonchev–Trinajstić information content (AvgIpc) is 2.87. The summed E-state index contributed by atoms with van der Waals surface area (Å²) >= 11 is 0. The molecule has 1 aliphatic heterocycles. The first kappa shape index (κ1) is 15.0. The van der Waals surface area contributed by atoms with Crippen molar-refractivity contribution in [2.45, 2.75) is 32.5 Å². The Balaban J connectivity index is 2.06. The molecule has 1 aromatic rings. The summed E-state index contributed by atoms with van der Waals surface area (Å²) in [6, 6.07) is 2.31. The van der Waals surface area contributed by atoms with Crippen molar-refractivity contribution in [3.63, 3.8) is 0 Å². The van der Waals surface area contributed by atoms with E-state index in [1.165, 1.54) is 0 Å². The van der Waals surface area contributed by atoms with Crippen LogP contribution in [0.25, 0.3) is 0 Å². The van der Waals surface area contributed by atoms with Crippen molar-refractivity contribution in [3.8, 4) is 0 Å². The molecule has 1 N–H and O–H groups in total. The van der Waals surface area contributed by atoms with Gasteiger partial charge in [0.2, 0.25) is 5.91 Å². The van der Waals surface area contributed by atoms with Crippen LogP contribution < -0.4 is 5.32 Å². The van der Waals surface area contributed by atoms with E-state index in [1.807, 2.05) is 31.0 Å². The molecule has 0 saturated carbocycles. The van der Waals surface area contributed by atoms with E-state index in [-0.39, 0.29) is 11.9 Å². The Hall–Kier alpha value is -1.40. The second kappa shape index (κ2) is 6.37. The lowest BCUT2D eigenvalue weighted by atomic mass is 10.1. The van der Waals surface area contributed by atoms with E-state index in [9.17, 15) is 4.79 Å². The van der Waals surface area contributed by atoms with Gasteiger partial charge in [-0.05, 0) is 19.9 Å². The number of piperazine rings is 1. The minimum atomic E-state index is -0.0945. The number of nitrogens with one attached hydrogen (secondary N) is 1. The molecule has 1 aromatic heterocycles. The van der Waals surface area contributed by atoms with Crippen molar-refractivity contribution < 1.29 is 4.79 Å². The van der Waals surface area contributed by atoms with E-state index >= 15 is 0 Å². The van der Waals surface area contributed by atoms with Crippen molar-refractivity contribution in [2.24, 2.45) is 0 Å². The first-order valence-corrected chi connectivity index (χ1v) is 7.19. The van der Waals surface area contributed by atoms with Crippen LogP contribution in [0, 0.1) is 0 Å². The van der Waals surface area contributed by atoms with Gasteiger partial charge in [0.1, 0.15) is 6.04 Å². The fourth-order valence-electron chi connectivity index (χ4n) is 2.43. The normalized spacial score (nSPS) is 20.4. The number of likely N-dealkylation sites (N-methyl/N-ethyl adjacent to an activating group) is 1. The molecule has 0 aromatic carbocycles. The summed E-state index contributed by atoms with van der Waals surface area (Å²) in [4.78, 5) is 16.1.